The Morgan fingerprint density at radius 1 is 1.28 bits per heavy atom. The van der Waals surface area contributed by atoms with Crippen molar-refractivity contribution >= 4 is 5.91 Å². The summed E-state index contributed by atoms with van der Waals surface area (Å²) in [5.41, 5.74) is 2.19. The second kappa shape index (κ2) is 6.73. The molecule has 2 saturated heterocycles. The van der Waals surface area contributed by atoms with Crippen molar-refractivity contribution in [2.45, 2.75) is 26.2 Å². The summed E-state index contributed by atoms with van der Waals surface area (Å²) in [5.74, 6) is 1.55. The third-order valence-electron chi connectivity index (χ3n) is 6.29. The number of carbonyl (C=O) groups excluding carboxylic acids is 1. The Bertz CT molecular complexity index is 643. The fraction of sp³-hybridized carbons (Fsp3) is 0.667. The summed E-state index contributed by atoms with van der Waals surface area (Å²) in [5, 5.41) is 0. The lowest BCUT2D eigenvalue weighted by Crippen LogP contribution is -2.38. The number of nitrogens with zero attached hydrogens (tertiary/aromatic N) is 2. The maximum Gasteiger partial charge on any atom is 0.253 e. The first-order valence-corrected chi connectivity index (χ1v) is 9.68. The normalized spacial score (nSPS) is 29.7. The first-order chi connectivity index (χ1) is 12.1. The molecule has 1 aromatic carbocycles. The number of ether oxygens (including phenoxy) is 1. The van der Waals surface area contributed by atoms with Crippen LogP contribution in [0, 0.1) is 24.2 Å². The average molecular weight is 342 g/mol. The van der Waals surface area contributed by atoms with Gasteiger partial charge in [0.05, 0.1) is 6.61 Å². The lowest BCUT2D eigenvalue weighted by molar-refractivity contribution is 0.0530. The minimum atomic E-state index is 0.188. The predicted octanol–water partition coefficient (Wildman–Crippen LogP) is 2.82. The Morgan fingerprint density at radius 3 is 2.88 bits per heavy atom. The molecule has 1 spiro atoms. The van der Waals surface area contributed by atoms with Crippen molar-refractivity contribution in [2.75, 3.05) is 46.4 Å². The Labute approximate surface area is 151 Å². The number of likely N-dealkylation sites (tertiary alicyclic amines) is 2. The van der Waals surface area contributed by atoms with E-state index in [9.17, 15) is 4.79 Å². The minimum absolute atomic E-state index is 0.188. The molecule has 3 aliphatic rings. The smallest absolute Gasteiger partial charge is 0.253 e. The highest BCUT2D eigenvalue weighted by Gasteiger charge is 2.50. The highest BCUT2D eigenvalue weighted by Crippen LogP contribution is 2.44. The highest BCUT2D eigenvalue weighted by atomic mass is 16.5. The number of hydrogen-bond acceptors (Lipinski definition) is 3. The molecule has 4 heteroatoms. The van der Waals surface area contributed by atoms with Crippen molar-refractivity contribution in [1.29, 1.82) is 0 Å². The first-order valence-electron chi connectivity index (χ1n) is 9.68. The first kappa shape index (κ1) is 17.0. The van der Waals surface area contributed by atoms with Gasteiger partial charge in [0, 0.05) is 49.7 Å². The molecule has 1 aromatic rings. The largest absolute Gasteiger partial charge is 0.381 e. The summed E-state index contributed by atoms with van der Waals surface area (Å²) in [6.07, 6.45) is 3.79. The SMILES string of the molecule is Cc1cccc(C(=O)N2CC[C@@]3(CN(C)C[C@@H]3COCC3CC3)C2)c1. The molecule has 25 heavy (non-hydrogen) atoms. The van der Waals surface area contributed by atoms with Gasteiger partial charge in [-0.25, -0.2) is 0 Å². The predicted molar refractivity (Wildman–Crippen MR) is 98.7 cm³/mol. The Kier molecular flexibility index (Phi) is 4.59. The maximum absolute atomic E-state index is 12.9. The molecule has 0 bridgehead atoms. The van der Waals surface area contributed by atoms with E-state index < -0.39 is 0 Å². The molecule has 0 aromatic heterocycles. The Balaban J connectivity index is 1.42. The van der Waals surface area contributed by atoms with E-state index in [1.807, 2.05) is 31.2 Å². The summed E-state index contributed by atoms with van der Waals surface area (Å²) in [7, 11) is 2.20. The van der Waals surface area contributed by atoms with E-state index in [0.717, 1.165) is 62.9 Å². The van der Waals surface area contributed by atoms with Gasteiger partial charge in [0.25, 0.3) is 5.91 Å². The van der Waals surface area contributed by atoms with E-state index in [1.54, 1.807) is 0 Å². The summed E-state index contributed by atoms with van der Waals surface area (Å²) < 4.78 is 6.04. The van der Waals surface area contributed by atoms with Gasteiger partial charge in [0.15, 0.2) is 0 Å². The van der Waals surface area contributed by atoms with E-state index in [-0.39, 0.29) is 11.3 Å². The minimum Gasteiger partial charge on any atom is -0.381 e. The zero-order valence-corrected chi connectivity index (χ0v) is 15.5. The molecule has 0 N–H and O–H groups in total. The molecule has 4 nitrogen and oxygen atoms in total. The topological polar surface area (TPSA) is 32.8 Å². The van der Waals surface area contributed by atoms with Gasteiger partial charge in [-0.1, -0.05) is 17.7 Å². The molecule has 4 rings (SSSR count). The molecule has 0 unspecified atom stereocenters. The number of aryl methyl sites for hydroxylation is 1. The molecule has 136 valence electrons. The van der Waals surface area contributed by atoms with Crippen LogP contribution >= 0.6 is 0 Å². The van der Waals surface area contributed by atoms with Gasteiger partial charge >= 0.3 is 0 Å². The van der Waals surface area contributed by atoms with Gasteiger partial charge in [0.1, 0.15) is 0 Å². The van der Waals surface area contributed by atoms with Crippen LogP contribution in [-0.2, 0) is 4.74 Å². The molecule has 3 fully saturated rings. The van der Waals surface area contributed by atoms with Crippen molar-refractivity contribution in [2.24, 2.45) is 17.3 Å². The number of amides is 1. The maximum atomic E-state index is 12.9. The van der Waals surface area contributed by atoms with Crippen LogP contribution in [0.2, 0.25) is 0 Å². The van der Waals surface area contributed by atoms with Crippen molar-refractivity contribution in [3.8, 4) is 0 Å². The van der Waals surface area contributed by atoms with Gasteiger partial charge in [-0.05, 0) is 51.3 Å². The Hall–Kier alpha value is -1.39. The van der Waals surface area contributed by atoms with E-state index in [1.165, 1.54) is 12.8 Å². The van der Waals surface area contributed by atoms with Gasteiger partial charge < -0.3 is 14.5 Å². The summed E-state index contributed by atoms with van der Waals surface area (Å²) in [6, 6.07) is 7.97. The molecular formula is C21H30N2O2. The lowest BCUT2D eigenvalue weighted by atomic mass is 9.77. The van der Waals surface area contributed by atoms with Crippen LogP contribution in [0.15, 0.2) is 24.3 Å². The van der Waals surface area contributed by atoms with Crippen LogP contribution in [0.1, 0.15) is 35.2 Å². The molecule has 0 radical (unpaired) electrons. The molecule has 2 aliphatic heterocycles. The van der Waals surface area contributed by atoms with Gasteiger partial charge in [0.2, 0.25) is 0 Å². The van der Waals surface area contributed by atoms with Gasteiger partial charge in [-0.15, -0.1) is 0 Å². The monoisotopic (exact) mass is 342 g/mol. The van der Waals surface area contributed by atoms with E-state index in [2.05, 4.69) is 16.8 Å². The van der Waals surface area contributed by atoms with Crippen molar-refractivity contribution in [1.82, 2.24) is 9.80 Å². The Morgan fingerprint density at radius 2 is 2.12 bits per heavy atom. The second-order valence-electron chi connectivity index (χ2n) is 8.58. The van der Waals surface area contributed by atoms with Gasteiger partial charge in [-0.3, -0.25) is 4.79 Å². The highest BCUT2D eigenvalue weighted by molar-refractivity contribution is 5.94. The zero-order chi connectivity index (χ0) is 17.4. The number of hydrogen-bond donors (Lipinski definition) is 0. The van der Waals surface area contributed by atoms with Crippen LogP contribution in [0.25, 0.3) is 0 Å². The molecule has 1 aliphatic carbocycles. The molecule has 1 saturated carbocycles. The number of carbonyl (C=O) groups is 1. The lowest BCUT2D eigenvalue weighted by Gasteiger charge is -2.30. The van der Waals surface area contributed by atoms with Gasteiger partial charge in [-0.2, -0.15) is 0 Å². The molecule has 1 amide bonds. The summed E-state index contributed by atoms with van der Waals surface area (Å²) >= 11 is 0. The van der Waals surface area contributed by atoms with E-state index >= 15 is 0 Å². The molecule has 2 atom stereocenters. The standard InChI is InChI=1S/C21H30N2O2/c1-16-4-3-5-18(10-16)20(24)23-9-8-21(15-23)14-22(2)11-19(21)13-25-12-17-6-7-17/h3-5,10,17,19H,6-9,11-15H2,1-2H3/t19-,21-/m1/s1. The van der Waals surface area contributed by atoms with Crippen LogP contribution in [0.3, 0.4) is 0 Å². The fourth-order valence-corrected chi connectivity index (χ4v) is 4.68. The van der Waals surface area contributed by atoms with Crippen LogP contribution in [-0.4, -0.2) is 62.1 Å². The number of benzene rings is 1. The van der Waals surface area contributed by atoms with Crippen molar-refractivity contribution in [3.05, 3.63) is 35.4 Å². The summed E-state index contributed by atoms with van der Waals surface area (Å²) in [4.78, 5) is 17.4. The fourth-order valence-electron chi connectivity index (χ4n) is 4.68. The summed E-state index contributed by atoms with van der Waals surface area (Å²) in [6.45, 7) is 7.76. The zero-order valence-electron chi connectivity index (χ0n) is 15.5. The quantitative estimate of drug-likeness (QED) is 0.825. The molecule has 2 heterocycles. The van der Waals surface area contributed by atoms with Crippen LogP contribution < -0.4 is 0 Å². The van der Waals surface area contributed by atoms with Crippen LogP contribution in [0.4, 0.5) is 0 Å². The van der Waals surface area contributed by atoms with Crippen molar-refractivity contribution < 1.29 is 9.53 Å². The average Bonchev–Trinajstić information content (AvgIpc) is 3.23. The molecular weight excluding hydrogens is 312 g/mol. The third-order valence-corrected chi connectivity index (χ3v) is 6.29. The second-order valence-corrected chi connectivity index (χ2v) is 8.58. The van der Waals surface area contributed by atoms with Crippen LogP contribution in [0.5, 0.6) is 0 Å². The number of rotatable bonds is 5. The van der Waals surface area contributed by atoms with E-state index in [4.69, 9.17) is 4.74 Å². The van der Waals surface area contributed by atoms with Crippen molar-refractivity contribution in [3.63, 3.8) is 0 Å². The third kappa shape index (κ3) is 3.61. The van der Waals surface area contributed by atoms with E-state index in [0.29, 0.717) is 5.92 Å².